The molecule has 0 unspecified atom stereocenters. The molecule has 2 aliphatic heterocycles. The van der Waals surface area contributed by atoms with Crippen molar-refractivity contribution in [3.63, 3.8) is 0 Å². The summed E-state index contributed by atoms with van der Waals surface area (Å²) in [6, 6.07) is 8.67. The van der Waals surface area contributed by atoms with E-state index in [1.54, 1.807) is 0 Å². The van der Waals surface area contributed by atoms with E-state index in [0.717, 1.165) is 49.3 Å². The van der Waals surface area contributed by atoms with Gasteiger partial charge in [-0.2, -0.15) is 0 Å². The Morgan fingerprint density at radius 2 is 2.00 bits per heavy atom. The van der Waals surface area contributed by atoms with E-state index in [1.165, 1.54) is 22.2 Å². The molecule has 134 valence electrons. The number of fused-ring (bicyclic) bond motifs is 1. The molecule has 3 heterocycles. The zero-order valence-corrected chi connectivity index (χ0v) is 15.6. The van der Waals surface area contributed by atoms with Crippen molar-refractivity contribution in [2.75, 3.05) is 25.5 Å². The van der Waals surface area contributed by atoms with E-state index in [9.17, 15) is 0 Å². The van der Waals surface area contributed by atoms with E-state index < -0.39 is 0 Å². The number of aromatic nitrogens is 1. The Kier molecular flexibility index (Phi) is 4.60. The van der Waals surface area contributed by atoms with Crippen molar-refractivity contribution < 1.29 is 0 Å². The first kappa shape index (κ1) is 17.0. The van der Waals surface area contributed by atoms with Crippen LogP contribution >= 0.6 is 0 Å². The van der Waals surface area contributed by atoms with Gasteiger partial charge in [0, 0.05) is 41.5 Å². The molecule has 1 aromatic carbocycles. The van der Waals surface area contributed by atoms with Gasteiger partial charge in [-0.15, -0.1) is 0 Å². The Bertz CT molecular complexity index is 901. The second-order valence-electron chi connectivity index (χ2n) is 7.55. The average molecular weight is 346 g/mol. The first-order chi connectivity index (χ1) is 12.6. The number of aliphatic imine (C=N–C) groups is 1. The maximum absolute atomic E-state index is 4.58. The quantitative estimate of drug-likeness (QED) is 0.872. The molecule has 0 amide bonds. The van der Waals surface area contributed by atoms with Crippen molar-refractivity contribution in [2.45, 2.75) is 26.2 Å². The molecule has 1 N–H and O–H groups in total. The van der Waals surface area contributed by atoms with Crippen LogP contribution in [0.25, 0.3) is 16.3 Å². The number of benzene rings is 1. The minimum absolute atomic E-state index is 0.527. The Hall–Kier alpha value is -2.46. The maximum atomic E-state index is 4.58. The third kappa shape index (κ3) is 3.56. The normalized spacial score (nSPS) is 18.7. The van der Waals surface area contributed by atoms with Gasteiger partial charge in [0.25, 0.3) is 0 Å². The van der Waals surface area contributed by atoms with E-state index in [-0.39, 0.29) is 0 Å². The monoisotopic (exact) mass is 346 g/mol. The first-order valence-corrected chi connectivity index (χ1v) is 9.35. The lowest BCUT2D eigenvalue weighted by Gasteiger charge is -2.30. The minimum Gasteiger partial charge on any atom is -0.344 e. The molecule has 4 heteroatoms. The molecule has 26 heavy (non-hydrogen) atoms. The predicted octanol–water partition coefficient (Wildman–Crippen LogP) is 4.71. The van der Waals surface area contributed by atoms with Crippen LogP contribution in [0, 0.1) is 5.92 Å². The molecule has 0 aliphatic carbocycles. The molecule has 0 atom stereocenters. The van der Waals surface area contributed by atoms with Crippen LogP contribution in [0.2, 0.25) is 0 Å². The van der Waals surface area contributed by atoms with Crippen LogP contribution in [0.5, 0.6) is 0 Å². The highest BCUT2D eigenvalue weighted by Gasteiger charge is 2.19. The van der Waals surface area contributed by atoms with E-state index in [1.807, 2.05) is 12.4 Å². The number of piperidine rings is 1. The summed E-state index contributed by atoms with van der Waals surface area (Å²) in [5.41, 5.74) is 4.78. The van der Waals surface area contributed by atoms with Crippen molar-refractivity contribution in [3.05, 3.63) is 54.5 Å². The van der Waals surface area contributed by atoms with Crippen molar-refractivity contribution in [2.24, 2.45) is 10.9 Å². The highest BCUT2D eigenvalue weighted by atomic mass is 15.1. The topological polar surface area (TPSA) is 40.5 Å². The molecular formula is C22H26N4. The van der Waals surface area contributed by atoms with Gasteiger partial charge in [0.05, 0.1) is 0 Å². The van der Waals surface area contributed by atoms with Gasteiger partial charge < -0.3 is 10.2 Å². The highest BCUT2D eigenvalue weighted by molar-refractivity contribution is 5.98. The fourth-order valence-electron chi connectivity index (χ4n) is 3.76. The van der Waals surface area contributed by atoms with Crippen molar-refractivity contribution in [3.8, 4) is 0 Å². The minimum atomic E-state index is 0.527. The molecule has 4 nitrogen and oxygen atoms in total. The molecule has 0 spiro atoms. The largest absolute Gasteiger partial charge is 0.344 e. The second kappa shape index (κ2) is 7.04. The molecule has 4 rings (SSSR count). The second-order valence-corrected chi connectivity index (χ2v) is 7.55. The number of nitrogens with one attached hydrogen (secondary N) is 1. The SMILES string of the molecule is C=C(Nc1cc2cc(C3=CN=C(C)C3)ccc2cn1)C1CCN(C)CC1. The van der Waals surface area contributed by atoms with Crippen LogP contribution in [0.1, 0.15) is 31.7 Å². The molecule has 1 aromatic heterocycles. The number of pyridine rings is 1. The fraction of sp³-hybridized carbons (Fsp3) is 0.364. The first-order valence-electron chi connectivity index (χ1n) is 9.35. The Morgan fingerprint density at radius 3 is 2.73 bits per heavy atom. The summed E-state index contributed by atoms with van der Waals surface area (Å²) < 4.78 is 0. The van der Waals surface area contributed by atoms with Gasteiger partial charge >= 0.3 is 0 Å². The summed E-state index contributed by atoms with van der Waals surface area (Å²) in [5.74, 6) is 1.41. The van der Waals surface area contributed by atoms with E-state index in [0.29, 0.717) is 5.92 Å². The average Bonchev–Trinajstić information content (AvgIpc) is 3.08. The number of nitrogens with zero attached hydrogens (tertiary/aromatic N) is 3. The number of rotatable bonds is 4. The van der Waals surface area contributed by atoms with Crippen LogP contribution < -0.4 is 5.32 Å². The zero-order valence-electron chi connectivity index (χ0n) is 15.6. The van der Waals surface area contributed by atoms with E-state index >= 15 is 0 Å². The van der Waals surface area contributed by atoms with Gasteiger partial charge in [-0.3, -0.25) is 4.99 Å². The summed E-state index contributed by atoms with van der Waals surface area (Å²) in [7, 11) is 2.18. The number of hydrogen-bond donors (Lipinski definition) is 1. The van der Waals surface area contributed by atoms with Crippen molar-refractivity contribution in [1.82, 2.24) is 9.88 Å². The lowest BCUT2D eigenvalue weighted by atomic mass is 9.94. The Balaban J connectivity index is 1.52. The standard InChI is InChI=1S/C22H26N4/c1-15-10-21(14-23-15)18-4-5-19-13-24-22(12-20(19)11-18)25-16(2)17-6-8-26(3)9-7-17/h4-5,11-14,17H,2,6-10H2,1,3H3,(H,24,25). The van der Waals surface area contributed by atoms with Gasteiger partial charge in [0.15, 0.2) is 0 Å². The van der Waals surface area contributed by atoms with Crippen LogP contribution in [-0.2, 0) is 0 Å². The van der Waals surface area contributed by atoms with Crippen LogP contribution in [0.3, 0.4) is 0 Å². The Labute approximate surface area is 155 Å². The molecular weight excluding hydrogens is 320 g/mol. The summed E-state index contributed by atoms with van der Waals surface area (Å²) in [4.78, 5) is 11.4. The third-order valence-electron chi connectivity index (χ3n) is 5.48. The van der Waals surface area contributed by atoms with Gasteiger partial charge in [0.2, 0.25) is 0 Å². The van der Waals surface area contributed by atoms with Crippen LogP contribution in [0.4, 0.5) is 5.82 Å². The van der Waals surface area contributed by atoms with E-state index in [4.69, 9.17) is 0 Å². The molecule has 0 bridgehead atoms. The molecule has 2 aliphatic rings. The lowest BCUT2D eigenvalue weighted by molar-refractivity contribution is 0.239. The molecule has 1 saturated heterocycles. The van der Waals surface area contributed by atoms with Gasteiger partial charge in [-0.05, 0) is 68.6 Å². The van der Waals surface area contributed by atoms with Gasteiger partial charge in [-0.25, -0.2) is 4.98 Å². The van der Waals surface area contributed by atoms with E-state index in [2.05, 4.69) is 65.0 Å². The van der Waals surface area contributed by atoms with Crippen molar-refractivity contribution in [1.29, 1.82) is 0 Å². The number of allylic oxidation sites excluding steroid dienone is 2. The van der Waals surface area contributed by atoms with Gasteiger partial charge in [0.1, 0.15) is 5.82 Å². The van der Waals surface area contributed by atoms with Gasteiger partial charge in [-0.1, -0.05) is 18.7 Å². The fourth-order valence-corrected chi connectivity index (χ4v) is 3.76. The van der Waals surface area contributed by atoms with Crippen LogP contribution in [0.15, 0.2) is 53.9 Å². The third-order valence-corrected chi connectivity index (χ3v) is 5.48. The molecule has 2 aromatic rings. The number of anilines is 1. The summed E-state index contributed by atoms with van der Waals surface area (Å²) in [6.45, 7) is 8.62. The van der Waals surface area contributed by atoms with Crippen molar-refractivity contribution >= 4 is 27.9 Å². The summed E-state index contributed by atoms with van der Waals surface area (Å²) in [6.07, 6.45) is 7.18. The summed E-state index contributed by atoms with van der Waals surface area (Å²) in [5, 5.41) is 5.80. The zero-order chi connectivity index (χ0) is 18.1. The molecule has 0 radical (unpaired) electrons. The molecule has 0 saturated carbocycles. The maximum Gasteiger partial charge on any atom is 0.130 e. The number of likely N-dealkylation sites (tertiary alicyclic amines) is 1. The molecule has 1 fully saturated rings. The predicted molar refractivity (Wildman–Crippen MR) is 110 cm³/mol. The highest BCUT2D eigenvalue weighted by Crippen LogP contribution is 2.29. The Morgan fingerprint density at radius 1 is 1.19 bits per heavy atom. The smallest absolute Gasteiger partial charge is 0.130 e. The van der Waals surface area contributed by atoms with Crippen LogP contribution in [-0.4, -0.2) is 35.7 Å². The summed E-state index contributed by atoms with van der Waals surface area (Å²) >= 11 is 0. The number of hydrogen-bond acceptors (Lipinski definition) is 4. The lowest BCUT2D eigenvalue weighted by Crippen LogP contribution is -2.31.